The number of ether oxygens (including phenoxy) is 1. The molecule has 0 atom stereocenters. The van der Waals surface area contributed by atoms with Crippen molar-refractivity contribution in [3.63, 3.8) is 0 Å². The number of thioether (sulfide) groups is 1. The van der Waals surface area contributed by atoms with Crippen molar-refractivity contribution in [1.82, 2.24) is 4.98 Å². The van der Waals surface area contributed by atoms with Gasteiger partial charge in [-0.1, -0.05) is 18.2 Å². The van der Waals surface area contributed by atoms with Gasteiger partial charge in [-0.3, -0.25) is 4.79 Å². The van der Waals surface area contributed by atoms with Gasteiger partial charge in [0.05, 0.1) is 5.75 Å². The Hall–Kier alpha value is -2.60. The standard InChI is InChI=1S/C19H16FNO3S/c1-13-17(21-19(24-13)14-5-3-2-4-6-14)11-23-18(22)12-25-16-9-7-15(20)8-10-16/h2-10H,11-12H2,1H3. The van der Waals surface area contributed by atoms with Gasteiger partial charge in [-0.05, 0) is 43.3 Å². The number of aromatic nitrogens is 1. The normalized spacial score (nSPS) is 10.6. The SMILES string of the molecule is Cc1oc(-c2ccccc2)nc1COC(=O)CSc1ccc(F)cc1. The molecule has 1 aromatic heterocycles. The predicted molar refractivity (Wildman–Crippen MR) is 93.6 cm³/mol. The van der Waals surface area contributed by atoms with Crippen molar-refractivity contribution in [2.45, 2.75) is 18.4 Å². The second-order valence-electron chi connectivity index (χ2n) is 5.29. The van der Waals surface area contributed by atoms with Crippen molar-refractivity contribution in [1.29, 1.82) is 0 Å². The highest BCUT2D eigenvalue weighted by atomic mass is 32.2. The van der Waals surface area contributed by atoms with E-state index in [-0.39, 0.29) is 24.1 Å². The monoisotopic (exact) mass is 357 g/mol. The second kappa shape index (κ2) is 7.98. The van der Waals surface area contributed by atoms with E-state index in [4.69, 9.17) is 9.15 Å². The minimum Gasteiger partial charge on any atom is -0.458 e. The summed E-state index contributed by atoms with van der Waals surface area (Å²) < 4.78 is 23.7. The maximum absolute atomic E-state index is 12.8. The summed E-state index contributed by atoms with van der Waals surface area (Å²) in [5.41, 5.74) is 1.47. The van der Waals surface area contributed by atoms with Crippen molar-refractivity contribution < 1.29 is 18.3 Å². The van der Waals surface area contributed by atoms with Crippen LogP contribution in [0.1, 0.15) is 11.5 Å². The van der Waals surface area contributed by atoms with Gasteiger partial charge >= 0.3 is 5.97 Å². The molecule has 1 heterocycles. The number of oxazole rings is 1. The summed E-state index contributed by atoms with van der Waals surface area (Å²) in [5, 5.41) is 0. The zero-order chi connectivity index (χ0) is 17.6. The van der Waals surface area contributed by atoms with Gasteiger partial charge < -0.3 is 9.15 Å². The number of hydrogen-bond donors (Lipinski definition) is 0. The Labute approximate surface area is 149 Å². The van der Waals surface area contributed by atoms with Crippen molar-refractivity contribution in [2.24, 2.45) is 0 Å². The smallest absolute Gasteiger partial charge is 0.316 e. The highest BCUT2D eigenvalue weighted by molar-refractivity contribution is 8.00. The lowest BCUT2D eigenvalue weighted by molar-refractivity contribution is -0.141. The first-order chi connectivity index (χ1) is 12.1. The molecule has 0 saturated carbocycles. The van der Waals surface area contributed by atoms with E-state index < -0.39 is 0 Å². The molecule has 0 fully saturated rings. The number of esters is 1. The lowest BCUT2D eigenvalue weighted by Gasteiger charge is -2.03. The summed E-state index contributed by atoms with van der Waals surface area (Å²) in [6.45, 7) is 1.85. The number of benzene rings is 2. The van der Waals surface area contributed by atoms with Gasteiger partial charge in [0.15, 0.2) is 0 Å². The van der Waals surface area contributed by atoms with Crippen LogP contribution in [0.25, 0.3) is 11.5 Å². The summed E-state index contributed by atoms with van der Waals surface area (Å²) in [6, 6.07) is 15.5. The fourth-order valence-corrected chi connectivity index (χ4v) is 2.83. The molecule has 0 bridgehead atoms. The lowest BCUT2D eigenvalue weighted by atomic mass is 10.2. The number of rotatable bonds is 6. The Kier molecular flexibility index (Phi) is 5.50. The van der Waals surface area contributed by atoms with E-state index in [2.05, 4.69) is 4.98 Å². The van der Waals surface area contributed by atoms with E-state index in [1.54, 1.807) is 19.1 Å². The van der Waals surface area contributed by atoms with E-state index >= 15 is 0 Å². The minimum atomic E-state index is -0.363. The van der Waals surface area contributed by atoms with Crippen LogP contribution >= 0.6 is 11.8 Å². The largest absolute Gasteiger partial charge is 0.458 e. The van der Waals surface area contributed by atoms with E-state index in [9.17, 15) is 9.18 Å². The van der Waals surface area contributed by atoms with Gasteiger partial charge in [0, 0.05) is 10.5 Å². The summed E-state index contributed by atoms with van der Waals surface area (Å²) in [6.07, 6.45) is 0. The van der Waals surface area contributed by atoms with Crippen molar-refractivity contribution in [2.75, 3.05) is 5.75 Å². The molecule has 0 N–H and O–H groups in total. The molecule has 0 spiro atoms. The Morgan fingerprint density at radius 1 is 1.16 bits per heavy atom. The molecular formula is C19H16FNO3S. The van der Waals surface area contributed by atoms with Crippen LogP contribution in [0.4, 0.5) is 4.39 Å². The topological polar surface area (TPSA) is 52.3 Å². The number of carbonyl (C=O) groups is 1. The van der Waals surface area contributed by atoms with Crippen LogP contribution in [-0.4, -0.2) is 16.7 Å². The third-order valence-corrected chi connectivity index (χ3v) is 4.44. The molecule has 3 aromatic rings. The average Bonchev–Trinajstić information content (AvgIpc) is 3.01. The van der Waals surface area contributed by atoms with Gasteiger partial charge in [0.25, 0.3) is 0 Å². The molecule has 0 saturated heterocycles. The molecule has 0 unspecified atom stereocenters. The Morgan fingerprint density at radius 3 is 2.60 bits per heavy atom. The molecule has 3 rings (SSSR count). The van der Waals surface area contributed by atoms with Gasteiger partial charge in [-0.2, -0.15) is 0 Å². The fraction of sp³-hybridized carbons (Fsp3) is 0.158. The fourth-order valence-electron chi connectivity index (χ4n) is 2.13. The molecule has 25 heavy (non-hydrogen) atoms. The van der Waals surface area contributed by atoms with Gasteiger partial charge in [-0.15, -0.1) is 11.8 Å². The molecule has 0 aliphatic carbocycles. The Balaban J connectivity index is 1.53. The van der Waals surface area contributed by atoms with Crippen molar-refractivity contribution >= 4 is 17.7 Å². The zero-order valence-corrected chi connectivity index (χ0v) is 14.4. The maximum Gasteiger partial charge on any atom is 0.316 e. The van der Waals surface area contributed by atoms with Crippen LogP contribution in [0.5, 0.6) is 0 Å². The van der Waals surface area contributed by atoms with Crippen LogP contribution in [-0.2, 0) is 16.1 Å². The zero-order valence-electron chi connectivity index (χ0n) is 13.6. The summed E-state index contributed by atoms with van der Waals surface area (Å²) in [5.74, 6) is 0.608. The molecule has 4 nitrogen and oxygen atoms in total. The molecular weight excluding hydrogens is 341 g/mol. The molecule has 2 aromatic carbocycles. The number of aryl methyl sites for hydroxylation is 1. The third kappa shape index (κ3) is 4.70. The van der Waals surface area contributed by atoms with Crippen molar-refractivity contribution in [3.8, 4) is 11.5 Å². The van der Waals surface area contributed by atoms with Crippen LogP contribution in [0, 0.1) is 12.7 Å². The minimum absolute atomic E-state index is 0.0605. The third-order valence-electron chi connectivity index (χ3n) is 3.45. The summed E-state index contributed by atoms with van der Waals surface area (Å²) in [7, 11) is 0. The second-order valence-corrected chi connectivity index (χ2v) is 6.34. The van der Waals surface area contributed by atoms with E-state index in [1.807, 2.05) is 30.3 Å². The van der Waals surface area contributed by atoms with E-state index in [1.165, 1.54) is 23.9 Å². The van der Waals surface area contributed by atoms with Crippen molar-refractivity contribution in [3.05, 3.63) is 71.9 Å². The first kappa shape index (κ1) is 17.2. The van der Waals surface area contributed by atoms with Crippen LogP contribution in [0.3, 0.4) is 0 Å². The van der Waals surface area contributed by atoms with E-state index in [0.29, 0.717) is 17.3 Å². The first-order valence-electron chi connectivity index (χ1n) is 7.67. The van der Waals surface area contributed by atoms with Gasteiger partial charge in [0.2, 0.25) is 5.89 Å². The van der Waals surface area contributed by atoms with Crippen LogP contribution in [0.15, 0.2) is 63.9 Å². The number of nitrogens with zero attached hydrogens (tertiary/aromatic N) is 1. The van der Waals surface area contributed by atoms with Crippen LogP contribution in [0.2, 0.25) is 0 Å². The van der Waals surface area contributed by atoms with Gasteiger partial charge in [0.1, 0.15) is 23.9 Å². The van der Waals surface area contributed by atoms with E-state index in [0.717, 1.165) is 10.5 Å². The lowest BCUT2D eigenvalue weighted by Crippen LogP contribution is -2.08. The molecule has 0 radical (unpaired) electrons. The molecule has 0 aliphatic heterocycles. The molecule has 0 aliphatic rings. The Morgan fingerprint density at radius 2 is 1.88 bits per heavy atom. The van der Waals surface area contributed by atoms with Crippen LogP contribution < -0.4 is 0 Å². The summed E-state index contributed by atoms with van der Waals surface area (Å²) >= 11 is 1.29. The highest BCUT2D eigenvalue weighted by Crippen LogP contribution is 2.22. The number of carbonyl (C=O) groups excluding carboxylic acids is 1. The molecule has 128 valence electrons. The predicted octanol–water partition coefficient (Wildman–Crippen LogP) is 4.62. The molecule has 6 heteroatoms. The summed E-state index contributed by atoms with van der Waals surface area (Å²) in [4.78, 5) is 17.1. The Bertz CT molecular complexity index is 847. The maximum atomic E-state index is 12.8. The molecule has 0 amide bonds. The van der Waals surface area contributed by atoms with Gasteiger partial charge in [-0.25, -0.2) is 9.37 Å². The quantitative estimate of drug-likeness (QED) is 0.476. The highest BCUT2D eigenvalue weighted by Gasteiger charge is 2.13. The first-order valence-corrected chi connectivity index (χ1v) is 8.66. The number of hydrogen-bond acceptors (Lipinski definition) is 5. The number of halogens is 1. The average molecular weight is 357 g/mol.